The lowest BCUT2D eigenvalue weighted by molar-refractivity contribution is -0.141. The highest BCUT2D eigenvalue weighted by molar-refractivity contribution is 5.89. The van der Waals surface area contributed by atoms with Gasteiger partial charge in [-0.1, -0.05) is 11.7 Å². The lowest BCUT2D eigenvalue weighted by Gasteiger charge is -2.25. The van der Waals surface area contributed by atoms with Gasteiger partial charge in [-0.15, -0.1) is 0 Å². The molecule has 1 N–H and O–H groups in total. The molecule has 0 radical (unpaired) electrons. The molecule has 0 aliphatic heterocycles. The van der Waals surface area contributed by atoms with E-state index in [1.165, 1.54) is 13.0 Å². The van der Waals surface area contributed by atoms with E-state index >= 15 is 0 Å². The second kappa shape index (κ2) is 6.05. The quantitative estimate of drug-likeness (QED) is 0.333. The van der Waals surface area contributed by atoms with Gasteiger partial charge in [0.15, 0.2) is 0 Å². The Hall–Kier alpha value is -1.65. The summed E-state index contributed by atoms with van der Waals surface area (Å²) in [5.74, 6) is -0.711. The molecule has 0 rings (SSSR count). The first-order chi connectivity index (χ1) is 7.26. The minimum atomic E-state index is -0.465. The van der Waals surface area contributed by atoms with Crippen LogP contribution in [0.2, 0.25) is 0 Å². The maximum Gasteiger partial charge on any atom is 0.331 e. The van der Waals surface area contributed by atoms with E-state index in [4.69, 9.17) is 0 Å². The predicted octanol–water partition coefficient (Wildman–Crippen LogP) is 1.40. The highest BCUT2D eigenvalue weighted by Crippen LogP contribution is 2.09. The number of nitrogens with one attached hydrogen (secondary N) is 1. The molecule has 0 aromatic rings. The van der Waals surface area contributed by atoms with Crippen LogP contribution in [0.3, 0.4) is 0 Å². The average Bonchev–Trinajstić information content (AvgIpc) is 2.13. The average molecular weight is 226 g/mol. The van der Waals surface area contributed by atoms with Gasteiger partial charge in [-0.3, -0.25) is 4.79 Å². The largest absolute Gasteiger partial charge is 0.347 e. The van der Waals surface area contributed by atoms with E-state index in [1.807, 2.05) is 13.8 Å². The smallest absolute Gasteiger partial charge is 0.331 e. The van der Waals surface area contributed by atoms with Crippen LogP contribution in [-0.2, 0) is 14.4 Å². The van der Waals surface area contributed by atoms with E-state index < -0.39 is 11.5 Å². The van der Waals surface area contributed by atoms with Crippen molar-refractivity contribution in [3.05, 3.63) is 12.7 Å². The lowest BCUT2D eigenvalue weighted by atomic mass is 9.98. The Morgan fingerprint density at radius 2 is 2.00 bits per heavy atom. The first-order valence-electron chi connectivity index (χ1n) is 4.92. The molecule has 90 valence electrons. The predicted molar refractivity (Wildman–Crippen MR) is 61.9 cm³/mol. The van der Waals surface area contributed by atoms with Gasteiger partial charge in [0.25, 0.3) is 0 Å². The summed E-state index contributed by atoms with van der Waals surface area (Å²) in [5.41, 5.74) is 0.170. The topological polar surface area (TPSA) is 67.8 Å². The first kappa shape index (κ1) is 14.3. The van der Waals surface area contributed by atoms with Crippen molar-refractivity contribution in [3.8, 4) is 0 Å². The zero-order valence-electron chi connectivity index (χ0n) is 10.2. The van der Waals surface area contributed by atoms with Gasteiger partial charge in [-0.05, 0) is 26.8 Å². The van der Waals surface area contributed by atoms with Gasteiger partial charge in [0.1, 0.15) is 0 Å². The summed E-state index contributed by atoms with van der Waals surface area (Å²) in [4.78, 5) is 26.1. The van der Waals surface area contributed by atoms with E-state index in [2.05, 4.69) is 21.9 Å². The molecule has 5 heteroatoms. The van der Waals surface area contributed by atoms with Gasteiger partial charge < -0.3 is 10.2 Å². The zero-order valence-corrected chi connectivity index (χ0v) is 10.2. The first-order valence-corrected chi connectivity index (χ1v) is 4.92. The second-order valence-electron chi connectivity index (χ2n) is 4.16. The molecule has 0 saturated carbocycles. The van der Waals surface area contributed by atoms with Crippen LogP contribution in [0, 0.1) is 0 Å². The van der Waals surface area contributed by atoms with Crippen molar-refractivity contribution in [1.82, 2.24) is 5.32 Å². The number of oxime groups is 1. The molecule has 0 saturated heterocycles. The molecular weight excluding hydrogens is 208 g/mol. The summed E-state index contributed by atoms with van der Waals surface area (Å²) in [6, 6.07) is 0. The number of hydrogen-bond donors (Lipinski definition) is 1. The summed E-state index contributed by atoms with van der Waals surface area (Å²) < 4.78 is 0. The minimum Gasteiger partial charge on any atom is -0.347 e. The molecule has 16 heavy (non-hydrogen) atoms. The Balaban J connectivity index is 4.34. The summed E-state index contributed by atoms with van der Waals surface area (Å²) in [7, 11) is 0. The molecule has 0 atom stereocenters. The van der Waals surface area contributed by atoms with Crippen molar-refractivity contribution < 1.29 is 14.4 Å². The SMILES string of the molecule is C=CC(=O)NC(C)(C)CC(C)=NOC(C)=O. The van der Waals surface area contributed by atoms with Crippen molar-refractivity contribution in [3.63, 3.8) is 0 Å². The number of nitrogens with zero attached hydrogens (tertiary/aromatic N) is 1. The van der Waals surface area contributed by atoms with E-state index in [0.717, 1.165) is 0 Å². The number of carbonyl (C=O) groups is 2. The Morgan fingerprint density at radius 1 is 1.44 bits per heavy atom. The van der Waals surface area contributed by atoms with Crippen LogP contribution in [0.15, 0.2) is 17.8 Å². The molecule has 0 aromatic heterocycles. The van der Waals surface area contributed by atoms with Crippen LogP contribution >= 0.6 is 0 Å². The van der Waals surface area contributed by atoms with Gasteiger partial charge in [0.2, 0.25) is 5.91 Å². The molecule has 0 unspecified atom stereocenters. The highest BCUT2D eigenvalue weighted by Gasteiger charge is 2.20. The summed E-state index contributed by atoms with van der Waals surface area (Å²) >= 11 is 0. The van der Waals surface area contributed by atoms with E-state index in [9.17, 15) is 9.59 Å². The maximum absolute atomic E-state index is 11.1. The van der Waals surface area contributed by atoms with Gasteiger partial charge in [0.05, 0.1) is 5.71 Å². The minimum absolute atomic E-state index is 0.245. The zero-order chi connectivity index (χ0) is 12.8. The van der Waals surface area contributed by atoms with E-state index in [0.29, 0.717) is 12.1 Å². The summed E-state index contributed by atoms with van der Waals surface area (Å²) in [6.45, 7) is 10.1. The molecule has 0 aromatic carbocycles. The molecule has 5 nitrogen and oxygen atoms in total. The molecule has 0 aliphatic rings. The third kappa shape index (κ3) is 6.75. The molecule has 0 heterocycles. The maximum atomic E-state index is 11.1. The van der Waals surface area contributed by atoms with Crippen LogP contribution in [-0.4, -0.2) is 23.1 Å². The van der Waals surface area contributed by atoms with Crippen LogP contribution in [0.4, 0.5) is 0 Å². The standard InChI is InChI=1S/C11H18N2O3/c1-6-10(15)12-11(4,5)7-8(2)13-16-9(3)14/h6H,1,7H2,2-5H3,(H,12,15). The third-order valence-electron chi connectivity index (χ3n) is 1.67. The van der Waals surface area contributed by atoms with Crippen molar-refractivity contribution in [2.75, 3.05) is 0 Å². The number of hydrogen-bond acceptors (Lipinski definition) is 4. The van der Waals surface area contributed by atoms with Gasteiger partial charge in [-0.25, -0.2) is 4.79 Å². The monoisotopic (exact) mass is 226 g/mol. The summed E-state index contributed by atoms with van der Waals surface area (Å²) in [6.07, 6.45) is 1.69. The third-order valence-corrected chi connectivity index (χ3v) is 1.67. The Bertz CT molecular complexity index is 319. The molecule has 0 fully saturated rings. The Kier molecular flexibility index (Phi) is 5.42. The molecule has 0 bridgehead atoms. The Labute approximate surface area is 95.5 Å². The van der Waals surface area contributed by atoms with Crippen LogP contribution < -0.4 is 5.32 Å². The van der Waals surface area contributed by atoms with Crippen LogP contribution in [0.1, 0.15) is 34.1 Å². The fourth-order valence-electron chi connectivity index (χ4n) is 1.24. The lowest BCUT2D eigenvalue weighted by Crippen LogP contribution is -2.43. The second-order valence-corrected chi connectivity index (χ2v) is 4.16. The van der Waals surface area contributed by atoms with E-state index in [1.54, 1.807) is 6.92 Å². The molecule has 0 aliphatic carbocycles. The number of rotatable bonds is 5. The van der Waals surface area contributed by atoms with E-state index in [-0.39, 0.29) is 5.91 Å². The normalized spacial score (nSPS) is 11.9. The fraction of sp³-hybridized carbons (Fsp3) is 0.545. The summed E-state index contributed by atoms with van der Waals surface area (Å²) in [5, 5.41) is 6.38. The van der Waals surface area contributed by atoms with Crippen molar-refractivity contribution in [1.29, 1.82) is 0 Å². The molecular formula is C11H18N2O3. The number of amides is 1. The van der Waals surface area contributed by atoms with Gasteiger partial charge >= 0.3 is 5.97 Å². The highest BCUT2D eigenvalue weighted by atomic mass is 16.7. The van der Waals surface area contributed by atoms with Crippen molar-refractivity contribution in [2.24, 2.45) is 5.16 Å². The fourth-order valence-corrected chi connectivity index (χ4v) is 1.24. The Morgan fingerprint density at radius 3 is 2.44 bits per heavy atom. The number of carbonyl (C=O) groups excluding carboxylic acids is 2. The van der Waals surface area contributed by atoms with Gasteiger partial charge in [-0.2, -0.15) is 0 Å². The van der Waals surface area contributed by atoms with Crippen molar-refractivity contribution >= 4 is 17.6 Å². The van der Waals surface area contributed by atoms with Crippen LogP contribution in [0.25, 0.3) is 0 Å². The van der Waals surface area contributed by atoms with Gasteiger partial charge in [0, 0.05) is 18.9 Å². The molecule has 0 spiro atoms. The molecule has 1 amide bonds. The van der Waals surface area contributed by atoms with Crippen LogP contribution in [0.5, 0.6) is 0 Å². The van der Waals surface area contributed by atoms with Crippen molar-refractivity contribution in [2.45, 2.75) is 39.7 Å².